The summed E-state index contributed by atoms with van der Waals surface area (Å²) in [5, 5.41) is 5.07. The maximum Gasteiger partial charge on any atom is 0.253 e. The normalized spacial score (nSPS) is 12.4. The van der Waals surface area contributed by atoms with E-state index >= 15 is 0 Å². The van der Waals surface area contributed by atoms with Gasteiger partial charge in [0.2, 0.25) is 6.79 Å². The molecule has 2 aromatic carbocycles. The summed E-state index contributed by atoms with van der Waals surface area (Å²) in [5.41, 5.74) is 4.83. The van der Waals surface area contributed by atoms with Crippen molar-refractivity contribution in [3.8, 4) is 11.5 Å². The number of aryl methyl sites for hydroxylation is 2. The van der Waals surface area contributed by atoms with Crippen molar-refractivity contribution >= 4 is 28.2 Å². The average Bonchev–Trinajstić information content (AvgIpc) is 3.33. The van der Waals surface area contributed by atoms with Crippen LogP contribution in [0.4, 0.5) is 0 Å². The minimum absolute atomic E-state index is 0.0919. The van der Waals surface area contributed by atoms with Crippen molar-refractivity contribution in [2.45, 2.75) is 47.2 Å². The maximum absolute atomic E-state index is 13.0. The van der Waals surface area contributed by atoms with Crippen molar-refractivity contribution in [3.63, 3.8) is 0 Å². The van der Waals surface area contributed by atoms with Gasteiger partial charge in [0.05, 0.1) is 6.54 Å². The number of thiocarbonyl (C=S) groups is 1. The maximum atomic E-state index is 13.0. The number of fused-ring (bicyclic) bond motifs is 2. The van der Waals surface area contributed by atoms with Crippen LogP contribution in [0.15, 0.2) is 41.2 Å². The highest BCUT2D eigenvalue weighted by Crippen LogP contribution is 2.33. The molecule has 0 aliphatic carbocycles. The Bertz CT molecular complexity index is 1290. The van der Waals surface area contributed by atoms with Crippen LogP contribution >= 0.6 is 12.2 Å². The number of aromatic nitrogens is 1. The summed E-state index contributed by atoms with van der Waals surface area (Å²) < 4.78 is 11.0. The second kappa shape index (κ2) is 11.8. The molecular formula is C28H36N4O3S. The Morgan fingerprint density at radius 2 is 1.78 bits per heavy atom. The summed E-state index contributed by atoms with van der Waals surface area (Å²) in [6, 6.07) is 12.0. The summed E-state index contributed by atoms with van der Waals surface area (Å²) >= 11 is 5.82. The summed E-state index contributed by atoms with van der Waals surface area (Å²) in [4.78, 5) is 20.5. The molecule has 0 spiro atoms. The lowest BCUT2D eigenvalue weighted by molar-refractivity contribution is 0.174. The van der Waals surface area contributed by atoms with Gasteiger partial charge in [0, 0.05) is 24.2 Å². The Balaban J connectivity index is 1.54. The van der Waals surface area contributed by atoms with Crippen molar-refractivity contribution in [2.24, 2.45) is 0 Å². The van der Waals surface area contributed by atoms with E-state index in [2.05, 4.69) is 49.0 Å². The third kappa shape index (κ3) is 6.17. The Labute approximate surface area is 218 Å². The fourth-order valence-corrected chi connectivity index (χ4v) is 4.69. The summed E-state index contributed by atoms with van der Waals surface area (Å²) in [7, 11) is 0. The van der Waals surface area contributed by atoms with Crippen LogP contribution in [0, 0.1) is 13.8 Å². The molecule has 0 unspecified atom stereocenters. The van der Waals surface area contributed by atoms with Crippen LogP contribution in [-0.2, 0) is 13.1 Å². The number of rotatable bonds is 10. The lowest BCUT2D eigenvalue weighted by atomic mass is 10.0. The smallest absolute Gasteiger partial charge is 0.253 e. The number of hydrogen-bond acceptors (Lipinski definition) is 5. The first kappa shape index (κ1) is 26.0. The summed E-state index contributed by atoms with van der Waals surface area (Å²) in [6.07, 6.45) is 0.995. The van der Waals surface area contributed by atoms with Crippen LogP contribution < -0.4 is 20.3 Å². The second-order valence-electron chi connectivity index (χ2n) is 9.30. The third-order valence-corrected chi connectivity index (χ3v) is 7.22. The van der Waals surface area contributed by atoms with Gasteiger partial charge >= 0.3 is 0 Å². The van der Waals surface area contributed by atoms with E-state index in [1.165, 1.54) is 5.56 Å². The Kier molecular flexibility index (Phi) is 8.48. The molecule has 0 saturated heterocycles. The highest BCUT2D eigenvalue weighted by atomic mass is 32.1. The lowest BCUT2D eigenvalue weighted by Crippen LogP contribution is -2.41. The number of hydrogen-bond donors (Lipinski definition) is 2. The molecule has 8 heteroatoms. The van der Waals surface area contributed by atoms with Gasteiger partial charge in [0.1, 0.15) is 0 Å². The summed E-state index contributed by atoms with van der Waals surface area (Å²) in [5.74, 6) is 1.49. The monoisotopic (exact) mass is 508 g/mol. The number of H-pyrrole nitrogens is 1. The average molecular weight is 509 g/mol. The minimum atomic E-state index is -0.0919. The van der Waals surface area contributed by atoms with Crippen LogP contribution in [0.1, 0.15) is 42.5 Å². The van der Waals surface area contributed by atoms with Crippen molar-refractivity contribution in [2.75, 3.05) is 33.0 Å². The third-order valence-electron chi connectivity index (χ3n) is 6.82. The van der Waals surface area contributed by atoms with E-state index in [0.717, 1.165) is 66.1 Å². The van der Waals surface area contributed by atoms with Gasteiger partial charge in [-0.15, -0.1) is 0 Å². The molecule has 0 fully saturated rings. The molecule has 0 radical (unpaired) electrons. The van der Waals surface area contributed by atoms with E-state index in [4.69, 9.17) is 21.7 Å². The number of pyridine rings is 1. The van der Waals surface area contributed by atoms with Crippen molar-refractivity contribution in [1.29, 1.82) is 0 Å². The van der Waals surface area contributed by atoms with Gasteiger partial charge in [-0.3, -0.25) is 4.79 Å². The van der Waals surface area contributed by atoms with E-state index in [0.29, 0.717) is 23.8 Å². The molecule has 0 amide bonds. The highest BCUT2D eigenvalue weighted by molar-refractivity contribution is 7.80. The molecule has 36 heavy (non-hydrogen) atoms. The fourth-order valence-electron chi connectivity index (χ4n) is 4.45. The van der Waals surface area contributed by atoms with Gasteiger partial charge in [0.25, 0.3) is 5.56 Å². The molecule has 1 aromatic heterocycles. The van der Waals surface area contributed by atoms with Gasteiger partial charge < -0.3 is 29.6 Å². The van der Waals surface area contributed by atoms with Gasteiger partial charge in [-0.25, -0.2) is 0 Å². The molecular weight excluding hydrogens is 472 g/mol. The molecule has 4 rings (SSSR count). The van der Waals surface area contributed by atoms with E-state index in [-0.39, 0.29) is 12.4 Å². The SMILES string of the molecule is CCN(CC)CCCNC(=S)N(Cc1ccc2c(c1)OCO2)Cc1cc2cc(C)c(C)cc2[nH]c1=O. The Morgan fingerprint density at radius 3 is 2.56 bits per heavy atom. The van der Waals surface area contributed by atoms with Crippen molar-refractivity contribution in [3.05, 3.63) is 69.0 Å². The molecule has 192 valence electrons. The molecule has 0 saturated carbocycles. The van der Waals surface area contributed by atoms with Gasteiger partial charge in [-0.2, -0.15) is 0 Å². The number of aromatic amines is 1. The van der Waals surface area contributed by atoms with Crippen LogP contribution in [0.3, 0.4) is 0 Å². The standard InChI is InChI=1S/C28H36N4O3S/c1-5-31(6-2)11-7-10-29-28(36)32(16-21-8-9-25-26(14-21)35-18-34-25)17-23-15-22-12-19(3)20(4)13-24(22)30-27(23)33/h8-9,12-15H,5-7,10-11,16-18H2,1-4H3,(H,29,36)(H,30,33). The second-order valence-corrected chi connectivity index (χ2v) is 9.69. The Hall–Kier alpha value is -3.10. The van der Waals surface area contributed by atoms with Crippen molar-refractivity contribution < 1.29 is 9.47 Å². The van der Waals surface area contributed by atoms with Gasteiger partial charge in [-0.1, -0.05) is 19.9 Å². The molecule has 2 N–H and O–H groups in total. The predicted octanol–water partition coefficient (Wildman–Crippen LogP) is 4.48. The highest BCUT2D eigenvalue weighted by Gasteiger charge is 2.18. The zero-order valence-electron chi connectivity index (χ0n) is 21.6. The largest absolute Gasteiger partial charge is 0.454 e. The fraction of sp³-hybridized carbons (Fsp3) is 0.429. The number of ether oxygens (including phenoxy) is 2. The molecule has 3 aromatic rings. The van der Waals surface area contributed by atoms with E-state index in [9.17, 15) is 4.79 Å². The number of benzene rings is 2. The van der Waals surface area contributed by atoms with Crippen LogP contribution in [0.5, 0.6) is 11.5 Å². The van der Waals surface area contributed by atoms with Gasteiger partial charge in [0.15, 0.2) is 16.6 Å². The van der Waals surface area contributed by atoms with Crippen LogP contribution in [0.25, 0.3) is 10.9 Å². The Morgan fingerprint density at radius 1 is 1.03 bits per heavy atom. The molecule has 0 bridgehead atoms. The molecule has 1 aliphatic heterocycles. The first-order valence-corrected chi connectivity index (χ1v) is 13.1. The first-order chi connectivity index (χ1) is 17.4. The predicted molar refractivity (Wildman–Crippen MR) is 149 cm³/mol. The van der Waals surface area contributed by atoms with E-state index in [1.807, 2.05) is 35.2 Å². The quantitative estimate of drug-likeness (QED) is 0.309. The minimum Gasteiger partial charge on any atom is -0.454 e. The topological polar surface area (TPSA) is 69.8 Å². The van der Waals surface area contributed by atoms with Gasteiger partial charge in [-0.05, 0) is 105 Å². The molecule has 2 heterocycles. The van der Waals surface area contributed by atoms with Crippen molar-refractivity contribution in [1.82, 2.24) is 20.1 Å². The lowest BCUT2D eigenvalue weighted by Gasteiger charge is -2.26. The van der Waals surface area contributed by atoms with E-state index < -0.39 is 0 Å². The molecule has 1 aliphatic rings. The number of nitrogens with zero attached hydrogens (tertiary/aromatic N) is 2. The summed E-state index contributed by atoms with van der Waals surface area (Å²) in [6.45, 7) is 13.6. The zero-order chi connectivity index (χ0) is 25.7. The van der Waals surface area contributed by atoms with Crippen LogP contribution in [0.2, 0.25) is 0 Å². The zero-order valence-corrected chi connectivity index (χ0v) is 22.5. The first-order valence-electron chi connectivity index (χ1n) is 12.6. The van der Waals surface area contributed by atoms with E-state index in [1.54, 1.807) is 0 Å². The number of nitrogens with one attached hydrogen (secondary N) is 2. The van der Waals surface area contributed by atoms with Crippen LogP contribution in [-0.4, -0.2) is 52.9 Å². The molecule has 0 atom stereocenters. The molecule has 7 nitrogen and oxygen atoms in total.